The van der Waals surface area contributed by atoms with Crippen LogP contribution in [0.4, 0.5) is 0 Å². The molecular weight excluding hydrogens is 233 g/mol. The smallest absolute Gasteiger partial charge is 0.0785 e. The maximum absolute atomic E-state index is 6.04. The van der Waals surface area contributed by atoms with Crippen LogP contribution in [0.25, 0.3) is 0 Å². The fourth-order valence-corrected chi connectivity index (χ4v) is 2.18. The number of nitrogens with zero attached hydrogens (tertiary/aromatic N) is 3. The van der Waals surface area contributed by atoms with Gasteiger partial charge in [-0.2, -0.15) is 5.10 Å². The van der Waals surface area contributed by atoms with E-state index in [2.05, 4.69) is 10.00 Å². The van der Waals surface area contributed by atoms with E-state index in [9.17, 15) is 0 Å². The summed E-state index contributed by atoms with van der Waals surface area (Å²) >= 11 is 11.8. The Morgan fingerprint density at radius 1 is 1.33 bits per heavy atom. The zero-order chi connectivity index (χ0) is 10.7. The minimum absolute atomic E-state index is 0.375. The Bertz CT molecular complexity index is 305. The monoisotopic (exact) mass is 247 g/mol. The molecule has 84 valence electrons. The highest BCUT2D eigenvalue weighted by Crippen LogP contribution is 2.15. The lowest BCUT2D eigenvalue weighted by Gasteiger charge is -2.28. The Labute approximate surface area is 100.0 Å². The lowest BCUT2D eigenvalue weighted by molar-refractivity contribution is 0.220. The van der Waals surface area contributed by atoms with Crippen LogP contribution in [0.2, 0.25) is 5.02 Å². The van der Waals surface area contributed by atoms with E-state index >= 15 is 0 Å². The fourth-order valence-electron chi connectivity index (χ4n) is 1.83. The molecule has 5 heteroatoms. The summed E-state index contributed by atoms with van der Waals surface area (Å²) in [7, 11) is 0. The first-order valence-electron chi connectivity index (χ1n) is 5.28. The maximum atomic E-state index is 6.04. The van der Waals surface area contributed by atoms with E-state index in [-0.39, 0.29) is 0 Å². The molecule has 0 aromatic carbocycles. The minimum Gasteiger partial charge on any atom is -0.301 e. The van der Waals surface area contributed by atoms with Crippen LogP contribution in [0.1, 0.15) is 12.8 Å². The van der Waals surface area contributed by atoms with E-state index in [4.69, 9.17) is 23.2 Å². The molecule has 1 aliphatic heterocycles. The zero-order valence-electron chi connectivity index (χ0n) is 8.57. The Morgan fingerprint density at radius 2 is 2.07 bits per heavy atom. The predicted octanol–water partition coefficient (Wildman–Crippen LogP) is 2.24. The molecule has 2 rings (SSSR count). The summed E-state index contributed by atoms with van der Waals surface area (Å²) in [6.45, 7) is 4.13. The first-order valence-corrected chi connectivity index (χ1v) is 6.10. The number of piperidine rings is 1. The molecule has 1 aromatic heterocycles. The van der Waals surface area contributed by atoms with Crippen molar-refractivity contribution in [3.05, 3.63) is 17.4 Å². The van der Waals surface area contributed by atoms with Crippen LogP contribution in [0.3, 0.4) is 0 Å². The van der Waals surface area contributed by atoms with Crippen molar-refractivity contribution in [2.24, 2.45) is 0 Å². The first-order chi connectivity index (χ1) is 7.24. The van der Waals surface area contributed by atoms with E-state index in [1.807, 2.05) is 10.9 Å². The van der Waals surface area contributed by atoms with Gasteiger partial charge in [-0.25, -0.2) is 0 Å². The van der Waals surface area contributed by atoms with E-state index in [1.165, 1.54) is 0 Å². The van der Waals surface area contributed by atoms with Gasteiger partial charge < -0.3 is 4.90 Å². The maximum Gasteiger partial charge on any atom is 0.0785 e. The molecule has 1 saturated heterocycles. The summed E-state index contributed by atoms with van der Waals surface area (Å²) in [5.41, 5.74) is 0. The number of hydrogen-bond acceptors (Lipinski definition) is 2. The van der Waals surface area contributed by atoms with Crippen LogP contribution in [-0.4, -0.2) is 39.7 Å². The Balaban J connectivity index is 1.74. The first kappa shape index (κ1) is 11.2. The molecule has 0 atom stereocenters. The lowest BCUT2D eigenvalue weighted by Crippen LogP contribution is -2.36. The van der Waals surface area contributed by atoms with Gasteiger partial charge in [-0.15, -0.1) is 11.6 Å². The molecule has 0 unspecified atom stereocenters. The van der Waals surface area contributed by atoms with Crippen molar-refractivity contribution in [2.45, 2.75) is 24.8 Å². The van der Waals surface area contributed by atoms with Crippen molar-refractivity contribution in [2.75, 3.05) is 19.6 Å². The molecule has 1 aliphatic rings. The number of likely N-dealkylation sites (tertiary alicyclic amines) is 1. The summed E-state index contributed by atoms with van der Waals surface area (Å²) < 4.78 is 1.88. The molecule has 0 bridgehead atoms. The third-order valence-electron chi connectivity index (χ3n) is 2.76. The van der Waals surface area contributed by atoms with Crippen LogP contribution in [0.15, 0.2) is 12.4 Å². The second-order valence-corrected chi connectivity index (χ2v) is 4.99. The average molecular weight is 248 g/mol. The lowest BCUT2D eigenvalue weighted by atomic mass is 10.1. The van der Waals surface area contributed by atoms with Gasteiger partial charge in [-0.3, -0.25) is 4.68 Å². The SMILES string of the molecule is Clc1cnn(CCN2CCC(Cl)CC2)c1. The standard InChI is InChI=1S/C10H15Cl2N3/c11-9-1-3-14(4-2-9)5-6-15-8-10(12)7-13-15/h7-9H,1-6H2. The Kier molecular flexibility index (Phi) is 3.89. The summed E-state index contributed by atoms with van der Waals surface area (Å²) in [6.07, 6.45) is 5.73. The van der Waals surface area contributed by atoms with Gasteiger partial charge in [0.25, 0.3) is 0 Å². The molecule has 15 heavy (non-hydrogen) atoms. The molecule has 1 aromatic rings. The molecule has 0 radical (unpaired) electrons. The number of alkyl halides is 1. The number of aromatic nitrogens is 2. The van der Waals surface area contributed by atoms with Crippen LogP contribution in [0, 0.1) is 0 Å². The highest BCUT2D eigenvalue weighted by molar-refractivity contribution is 6.30. The second-order valence-electron chi connectivity index (χ2n) is 3.94. The van der Waals surface area contributed by atoms with Gasteiger partial charge in [0, 0.05) is 18.1 Å². The minimum atomic E-state index is 0.375. The van der Waals surface area contributed by atoms with E-state index in [1.54, 1.807) is 6.20 Å². The third kappa shape index (κ3) is 3.37. The molecule has 0 spiro atoms. The zero-order valence-corrected chi connectivity index (χ0v) is 10.1. The summed E-state index contributed by atoms with van der Waals surface area (Å²) in [5.74, 6) is 0. The summed E-state index contributed by atoms with van der Waals surface area (Å²) in [6, 6.07) is 0. The van der Waals surface area contributed by atoms with Crippen LogP contribution >= 0.6 is 23.2 Å². The highest BCUT2D eigenvalue weighted by atomic mass is 35.5. The van der Waals surface area contributed by atoms with Crippen molar-refractivity contribution in [1.82, 2.24) is 14.7 Å². The Hall–Kier alpha value is -0.250. The second kappa shape index (κ2) is 5.19. The molecule has 0 amide bonds. The molecule has 1 fully saturated rings. The normalized spacial score (nSPS) is 19.6. The van der Waals surface area contributed by atoms with Gasteiger partial charge >= 0.3 is 0 Å². The summed E-state index contributed by atoms with van der Waals surface area (Å²) in [5, 5.41) is 5.23. The Morgan fingerprint density at radius 3 is 2.67 bits per heavy atom. The van der Waals surface area contributed by atoms with E-state index in [0.29, 0.717) is 10.4 Å². The van der Waals surface area contributed by atoms with Crippen LogP contribution in [-0.2, 0) is 6.54 Å². The molecule has 3 nitrogen and oxygen atoms in total. The third-order valence-corrected chi connectivity index (χ3v) is 3.40. The largest absolute Gasteiger partial charge is 0.301 e. The quantitative estimate of drug-likeness (QED) is 0.765. The highest BCUT2D eigenvalue weighted by Gasteiger charge is 2.16. The molecule has 0 saturated carbocycles. The topological polar surface area (TPSA) is 21.1 Å². The van der Waals surface area contributed by atoms with Crippen molar-refractivity contribution < 1.29 is 0 Å². The fraction of sp³-hybridized carbons (Fsp3) is 0.700. The van der Waals surface area contributed by atoms with Crippen molar-refractivity contribution in [3.8, 4) is 0 Å². The summed E-state index contributed by atoms with van der Waals surface area (Å²) in [4.78, 5) is 2.43. The molecule has 2 heterocycles. The van der Waals surface area contributed by atoms with Gasteiger partial charge in [0.15, 0.2) is 0 Å². The van der Waals surface area contributed by atoms with Crippen LogP contribution < -0.4 is 0 Å². The number of halogens is 2. The number of rotatable bonds is 3. The van der Waals surface area contributed by atoms with Crippen molar-refractivity contribution >= 4 is 23.2 Å². The number of hydrogen-bond donors (Lipinski definition) is 0. The molecular formula is C10H15Cl2N3. The average Bonchev–Trinajstić information content (AvgIpc) is 2.64. The molecule has 0 N–H and O–H groups in total. The van der Waals surface area contributed by atoms with Crippen molar-refractivity contribution in [1.29, 1.82) is 0 Å². The van der Waals surface area contributed by atoms with Gasteiger partial charge in [-0.1, -0.05) is 11.6 Å². The van der Waals surface area contributed by atoms with Gasteiger partial charge in [0.1, 0.15) is 0 Å². The van der Waals surface area contributed by atoms with E-state index < -0.39 is 0 Å². The van der Waals surface area contributed by atoms with E-state index in [0.717, 1.165) is 39.0 Å². The van der Waals surface area contributed by atoms with Gasteiger partial charge in [0.2, 0.25) is 0 Å². The predicted molar refractivity (Wildman–Crippen MR) is 62.6 cm³/mol. The van der Waals surface area contributed by atoms with Crippen molar-refractivity contribution in [3.63, 3.8) is 0 Å². The molecule has 0 aliphatic carbocycles. The van der Waals surface area contributed by atoms with Crippen LogP contribution in [0.5, 0.6) is 0 Å². The van der Waals surface area contributed by atoms with Gasteiger partial charge in [0.05, 0.1) is 17.8 Å². The van der Waals surface area contributed by atoms with Gasteiger partial charge in [-0.05, 0) is 25.9 Å².